The highest BCUT2D eigenvalue weighted by Gasteiger charge is 2.28. The van der Waals surface area contributed by atoms with Gasteiger partial charge in [-0.05, 0) is 30.9 Å². The molecule has 0 fully saturated rings. The molecule has 0 saturated carbocycles. The van der Waals surface area contributed by atoms with Crippen LogP contribution in [0, 0.1) is 5.92 Å². The fourth-order valence-electron chi connectivity index (χ4n) is 1.72. The molecule has 0 aliphatic carbocycles. The summed E-state index contributed by atoms with van der Waals surface area (Å²) in [5, 5.41) is 11.7. The van der Waals surface area contributed by atoms with Crippen LogP contribution in [0.25, 0.3) is 0 Å². The molecule has 4 nitrogen and oxygen atoms in total. The van der Waals surface area contributed by atoms with Gasteiger partial charge in [0.15, 0.2) is 0 Å². The Balaban J connectivity index is 2.72. The van der Waals surface area contributed by atoms with Gasteiger partial charge in [0.2, 0.25) is 9.84 Å². The van der Waals surface area contributed by atoms with Crippen LogP contribution in [0.4, 0.5) is 14.5 Å². The fraction of sp³-hybridized carbons (Fsp3) is 0.538. The van der Waals surface area contributed by atoms with Gasteiger partial charge in [-0.3, -0.25) is 0 Å². The Kier molecular flexibility index (Phi) is 6.35. The number of nitrogens with one attached hydrogen (secondary N) is 1. The average molecular weight is 307 g/mol. The Morgan fingerprint density at radius 3 is 2.55 bits per heavy atom. The third-order valence-electron chi connectivity index (χ3n) is 2.93. The third-order valence-corrected chi connectivity index (χ3v) is 4.37. The van der Waals surface area contributed by atoms with Gasteiger partial charge in [-0.25, -0.2) is 8.42 Å². The molecule has 1 aromatic rings. The minimum atomic E-state index is -4.60. The highest BCUT2D eigenvalue weighted by molar-refractivity contribution is 7.91. The van der Waals surface area contributed by atoms with Crippen molar-refractivity contribution >= 4 is 15.5 Å². The van der Waals surface area contributed by atoms with Crippen molar-refractivity contribution in [3.8, 4) is 0 Å². The van der Waals surface area contributed by atoms with Crippen LogP contribution in [0.5, 0.6) is 0 Å². The second-order valence-corrected chi connectivity index (χ2v) is 6.54. The normalized spacial score (nSPS) is 13.4. The summed E-state index contributed by atoms with van der Waals surface area (Å²) < 4.78 is 48.2. The molecule has 0 radical (unpaired) electrons. The van der Waals surface area contributed by atoms with E-state index in [1.54, 1.807) is 6.07 Å². The minimum Gasteiger partial charge on any atom is -0.396 e. The van der Waals surface area contributed by atoms with E-state index in [1.165, 1.54) is 18.2 Å². The van der Waals surface area contributed by atoms with Crippen LogP contribution in [-0.4, -0.2) is 32.4 Å². The SMILES string of the molecule is CC(CO)CCCNc1ccccc1S(=O)(=O)C(F)F. The van der Waals surface area contributed by atoms with Gasteiger partial charge in [-0.1, -0.05) is 19.1 Å². The highest BCUT2D eigenvalue weighted by Crippen LogP contribution is 2.26. The van der Waals surface area contributed by atoms with Gasteiger partial charge in [-0.15, -0.1) is 0 Å². The molecule has 0 aliphatic heterocycles. The smallest absolute Gasteiger partial charge is 0.341 e. The number of rotatable bonds is 8. The number of benzene rings is 1. The fourth-order valence-corrected chi connectivity index (χ4v) is 2.63. The highest BCUT2D eigenvalue weighted by atomic mass is 32.2. The third kappa shape index (κ3) is 4.42. The molecule has 1 aromatic carbocycles. The molecule has 20 heavy (non-hydrogen) atoms. The van der Waals surface area contributed by atoms with E-state index in [0.29, 0.717) is 13.0 Å². The first-order valence-electron chi connectivity index (χ1n) is 6.35. The zero-order valence-electron chi connectivity index (χ0n) is 11.2. The van der Waals surface area contributed by atoms with E-state index in [0.717, 1.165) is 6.42 Å². The lowest BCUT2D eigenvalue weighted by molar-refractivity contribution is 0.229. The molecule has 0 aromatic heterocycles. The number of hydrogen-bond acceptors (Lipinski definition) is 4. The Morgan fingerprint density at radius 1 is 1.30 bits per heavy atom. The van der Waals surface area contributed by atoms with Gasteiger partial charge in [0.1, 0.15) is 0 Å². The molecule has 0 saturated heterocycles. The van der Waals surface area contributed by atoms with Gasteiger partial charge < -0.3 is 10.4 Å². The number of sulfone groups is 1. The maximum absolute atomic E-state index is 12.6. The minimum absolute atomic E-state index is 0.0936. The van der Waals surface area contributed by atoms with E-state index >= 15 is 0 Å². The first kappa shape index (κ1) is 16.8. The molecular formula is C13H19F2NO3S. The monoisotopic (exact) mass is 307 g/mol. The standard InChI is InChI=1S/C13H19F2NO3S/c1-10(9-17)5-4-8-16-11-6-2-3-7-12(11)20(18,19)13(14)15/h2-3,6-7,10,13,16-17H,4-5,8-9H2,1H3. The Morgan fingerprint density at radius 2 is 1.95 bits per heavy atom. The molecule has 0 aliphatic rings. The van der Waals surface area contributed by atoms with Crippen LogP contribution >= 0.6 is 0 Å². The predicted molar refractivity (Wildman–Crippen MR) is 73.6 cm³/mol. The number of halogens is 2. The van der Waals surface area contributed by atoms with E-state index < -0.39 is 15.6 Å². The molecule has 1 rings (SSSR count). The van der Waals surface area contributed by atoms with E-state index in [-0.39, 0.29) is 23.1 Å². The average Bonchev–Trinajstić information content (AvgIpc) is 2.43. The van der Waals surface area contributed by atoms with Crippen LogP contribution in [-0.2, 0) is 9.84 Å². The number of alkyl halides is 2. The van der Waals surface area contributed by atoms with Crippen LogP contribution in [0.15, 0.2) is 29.2 Å². The molecular weight excluding hydrogens is 288 g/mol. The van der Waals surface area contributed by atoms with Crippen molar-refractivity contribution in [2.45, 2.75) is 30.4 Å². The van der Waals surface area contributed by atoms with E-state index in [2.05, 4.69) is 5.32 Å². The van der Waals surface area contributed by atoms with Crippen LogP contribution < -0.4 is 5.32 Å². The second-order valence-electron chi connectivity index (χ2n) is 4.66. The summed E-state index contributed by atoms with van der Waals surface area (Å²) in [4.78, 5) is -0.384. The summed E-state index contributed by atoms with van der Waals surface area (Å²) in [6.07, 6.45) is 1.48. The number of anilines is 1. The molecule has 114 valence electrons. The maximum Gasteiger partial charge on any atom is 0.341 e. The summed E-state index contributed by atoms with van der Waals surface area (Å²) >= 11 is 0. The van der Waals surface area contributed by atoms with Crippen molar-refractivity contribution < 1.29 is 22.3 Å². The lowest BCUT2D eigenvalue weighted by Gasteiger charge is -2.13. The van der Waals surface area contributed by atoms with Crippen LogP contribution in [0.3, 0.4) is 0 Å². The van der Waals surface area contributed by atoms with Crippen LogP contribution in [0.2, 0.25) is 0 Å². The molecule has 7 heteroatoms. The quantitative estimate of drug-likeness (QED) is 0.724. The lowest BCUT2D eigenvalue weighted by Crippen LogP contribution is -2.15. The summed E-state index contributed by atoms with van der Waals surface area (Å²) in [6, 6.07) is 5.63. The van der Waals surface area contributed by atoms with Gasteiger partial charge in [0.25, 0.3) is 0 Å². The van der Waals surface area contributed by atoms with Crippen molar-refractivity contribution in [1.29, 1.82) is 0 Å². The molecule has 1 atom stereocenters. The Hall–Kier alpha value is -1.21. The van der Waals surface area contributed by atoms with Gasteiger partial charge >= 0.3 is 5.76 Å². The number of para-hydroxylation sites is 1. The van der Waals surface area contributed by atoms with Gasteiger partial charge in [0, 0.05) is 13.2 Å². The van der Waals surface area contributed by atoms with Gasteiger partial charge in [-0.2, -0.15) is 8.78 Å². The number of aliphatic hydroxyl groups is 1. The first-order valence-corrected chi connectivity index (χ1v) is 7.90. The lowest BCUT2D eigenvalue weighted by atomic mass is 10.1. The van der Waals surface area contributed by atoms with Crippen molar-refractivity contribution in [3.63, 3.8) is 0 Å². The first-order chi connectivity index (χ1) is 9.39. The molecule has 0 bridgehead atoms. The second kappa shape index (κ2) is 7.54. The maximum atomic E-state index is 12.6. The van der Waals surface area contributed by atoms with E-state index in [1.807, 2.05) is 6.92 Å². The zero-order chi connectivity index (χ0) is 15.2. The number of hydrogen-bond donors (Lipinski definition) is 2. The topological polar surface area (TPSA) is 66.4 Å². The summed E-state index contributed by atoms with van der Waals surface area (Å²) in [5.74, 6) is -3.27. The summed E-state index contributed by atoms with van der Waals surface area (Å²) in [5.41, 5.74) is 0.185. The number of aliphatic hydroxyl groups excluding tert-OH is 1. The van der Waals surface area contributed by atoms with Crippen molar-refractivity contribution in [2.24, 2.45) is 5.92 Å². The molecule has 1 unspecified atom stereocenters. The van der Waals surface area contributed by atoms with Gasteiger partial charge in [0.05, 0.1) is 10.6 Å². The molecule has 0 amide bonds. The van der Waals surface area contributed by atoms with Crippen molar-refractivity contribution in [1.82, 2.24) is 0 Å². The zero-order valence-corrected chi connectivity index (χ0v) is 12.0. The van der Waals surface area contributed by atoms with E-state index in [4.69, 9.17) is 5.11 Å². The predicted octanol–water partition coefficient (Wildman–Crippen LogP) is 2.50. The molecule has 2 N–H and O–H groups in total. The summed E-state index contributed by atoms with van der Waals surface area (Å²) in [6.45, 7) is 2.45. The van der Waals surface area contributed by atoms with Crippen molar-refractivity contribution in [2.75, 3.05) is 18.5 Å². The molecule has 0 spiro atoms. The molecule has 0 heterocycles. The Bertz CT molecular complexity index is 520. The largest absolute Gasteiger partial charge is 0.396 e. The van der Waals surface area contributed by atoms with Crippen molar-refractivity contribution in [3.05, 3.63) is 24.3 Å². The Labute approximate surface area is 117 Å². The van der Waals surface area contributed by atoms with Crippen LogP contribution in [0.1, 0.15) is 19.8 Å². The summed E-state index contributed by atoms with van der Waals surface area (Å²) in [7, 11) is -4.60. The van der Waals surface area contributed by atoms with E-state index in [9.17, 15) is 17.2 Å².